The van der Waals surface area contributed by atoms with Gasteiger partial charge in [-0.25, -0.2) is 0 Å². The van der Waals surface area contributed by atoms with E-state index in [9.17, 15) is 10.5 Å². The van der Waals surface area contributed by atoms with Crippen LogP contribution in [0.2, 0.25) is 0 Å². The third-order valence-electron chi connectivity index (χ3n) is 3.23. The monoisotopic (exact) mass is 264 g/mol. The Labute approximate surface area is 116 Å². The third kappa shape index (κ3) is 1.90. The molecule has 2 atom stereocenters. The third-order valence-corrected chi connectivity index (χ3v) is 3.23. The van der Waals surface area contributed by atoms with Crippen molar-refractivity contribution in [2.24, 2.45) is 11.5 Å². The first-order chi connectivity index (χ1) is 9.58. The summed E-state index contributed by atoms with van der Waals surface area (Å²) in [5, 5.41) is 19.0. The van der Waals surface area contributed by atoms with Gasteiger partial charge in [0.15, 0.2) is 11.1 Å². The maximum atomic E-state index is 9.52. The summed E-state index contributed by atoms with van der Waals surface area (Å²) in [6, 6.07) is 10.3. The molecule has 0 radical (unpaired) electrons. The molecule has 4 N–H and O–H groups in total. The van der Waals surface area contributed by atoms with E-state index in [-0.39, 0.29) is 0 Å². The Morgan fingerprint density at radius 2 is 1.45 bits per heavy atom. The largest absolute Gasteiger partial charge is 0.307 e. The number of pyridine rings is 2. The van der Waals surface area contributed by atoms with Crippen LogP contribution >= 0.6 is 0 Å². The second-order valence-electron chi connectivity index (χ2n) is 4.32. The van der Waals surface area contributed by atoms with Crippen LogP contribution < -0.4 is 11.5 Å². The first-order valence-electron chi connectivity index (χ1n) is 5.80. The van der Waals surface area contributed by atoms with Crippen LogP contribution in [0, 0.1) is 22.7 Å². The number of hydrogen-bond acceptors (Lipinski definition) is 6. The van der Waals surface area contributed by atoms with Crippen molar-refractivity contribution in [2.75, 3.05) is 0 Å². The van der Waals surface area contributed by atoms with E-state index in [0.717, 1.165) is 0 Å². The number of nitriles is 2. The summed E-state index contributed by atoms with van der Waals surface area (Å²) in [6.07, 6.45) is 5.98. The molecule has 2 unspecified atom stereocenters. The van der Waals surface area contributed by atoms with Crippen molar-refractivity contribution in [1.82, 2.24) is 9.97 Å². The molecule has 0 saturated carbocycles. The van der Waals surface area contributed by atoms with Gasteiger partial charge in [-0.3, -0.25) is 9.97 Å². The van der Waals surface area contributed by atoms with Crippen LogP contribution in [-0.4, -0.2) is 9.97 Å². The first kappa shape index (κ1) is 13.6. The quantitative estimate of drug-likeness (QED) is 0.832. The molecule has 2 rings (SSSR count). The zero-order valence-corrected chi connectivity index (χ0v) is 10.6. The highest BCUT2D eigenvalue weighted by Crippen LogP contribution is 2.35. The zero-order chi connectivity index (χ0) is 14.6. The van der Waals surface area contributed by atoms with Crippen molar-refractivity contribution < 1.29 is 0 Å². The van der Waals surface area contributed by atoms with Crippen molar-refractivity contribution >= 4 is 0 Å². The Morgan fingerprint density at radius 1 is 0.850 bits per heavy atom. The van der Waals surface area contributed by atoms with Crippen LogP contribution in [-0.2, 0) is 11.1 Å². The Hall–Kier alpha value is -2.80. The molecule has 6 heteroatoms. The Morgan fingerprint density at radius 3 is 1.95 bits per heavy atom. The smallest absolute Gasteiger partial charge is 0.167 e. The van der Waals surface area contributed by atoms with E-state index < -0.39 is 11.1 Å². The molecule has 0 spiro atoms. The van der Waals surface area contributed by atoms with Gasteiger partial charge < -0.3 is 11.5 Å². The molecule has 98 valence electrons. The lowest BCUT2D eigenvalue weighted by atomic mass is 9.71. The standard InChI is InChI=1S/C14H12N6/c15-9-13(17,11-3-6-19-7-4-11)14(18,10-16)12-2-1-5-20-8-12/h1-8H,17-18H2. The molecule has 0 aliphatic rings. The van der Waals surface area contributed by atoms with Gasteiger partial charge in [0.25, 0.3) is 0 Å². The van der Waals surface area contributed by atoms with Crippen molar-refractivity contribution in [1.29, 1.82) is 10.5 Å². The molecule has 6 nitrogen and oxygen atoms in total. The minimum atomic E-state index is -1.72. The molecule has 0 aliphatic heterocycles. The normalized spacial score (nSPS) is 16.2. The average Bonchev–Trinajstić information content (AvgIpc) is 2.54. The van der Waals surface area contributed by atoms with Gasteiger partial charge in [0, 0.05) is 30.4 Å². The van der Waals surface area contributed by atoms with Crippen LogP contribution in [0.5, 0.6) is 0 Å². The minimum absolute atomic E-state index is 0.378. The highest BCUT2D eigenvalue weighted by Gasteiger charge is 2.50. The first-order valence-corrected chi connectivity index (χ1v) is 5.80. The van der Waals surface area contributed by atoms with E-state index in [4.69, 9.17) is 11.5 Å². The summed E-state index contributed by atoms with van der Waals surface area (Å²) >= 11 is 0. The minimum Gasteiger partial charge on any atom is -0.307 e. The second kappa shape index (κ2) is 5.06. The van der Waals surface area contributed by atoms with Crippen molar-refractivity contribution in [3.05, 3.63) is 60.2 Å². The van der Waals surface area contributed by atoms with Gasteiger partial charge in [0.1, 0.15) is 0 Å². The molecule has 0 aliphatic carbocycles. The van der Waals surface area contributed by atoms with Gasteiger partial charge in [-0.2, -0.15) is 10.5 Å². The summed E-state index contributed by atoms with van der Waals surface area (Å²) in [7, 11) is 0. The van der Waals surface area contributed by atoms with E-state index in [2.05, 4.69) is 9.97 Å². The van der Waals surface area contributed by atoms with Crippen LogP contribution in [0.15, 0.2) is 49.1 Å². The second-order valence-corrected chi connectivity index (χ2v) is 4.32. The van der Waals surface area contributed by atoms with Crippen molar-refractivity contribution in [3.63, 3.8) is 0 Å². The van der Waals surface area contributed by atoms with Crippen molar-refractivity contribution in [3.8, 4) is 12.1 Å². The highest BCUT2D eigenvalue weighted by atomic mass is 14.9. The molecular weight excluding hydrogens is 252 g/mol. The molecule has 0 saturated heterocycles. The van der Waals surface area contributed by atoms with E-state index in [1.54, 1.807) is 30.5 Å². The summed E-state index contributed by atoms with van der Waals surface area (Å²) in [5.74, 6) is 0. The predicted octanol–water partition coefficient (Wildman–Crippen LogP) is 0.532. The molecule has 0 bridgehead atoms. The van der Waals surface area contributed by atoms with Gasteiger partial charge in [-0.1, -0.05) is 6.07 Å². The molecule has 2 aromatic rings. The van der Waals surface area contributed by atoms with Gasteiger partial charge in [-0.15, -0.1) is 0 Å². The van der Waals surface area contributed by atoms with Crippen molar-refractivity contribution in [2.45, 2.75) is 11.1 Å². The Bertz CT molecular complexity index is 611. The van der Waals surface area contributed by atoms with Gasteiger partial charge >= 0.3 is 0 Å². The lowest BCUT2D eigenvalue weighted by molar-refractivity contribution is 0.366. The summed E-state index contributed by atoms with van der Waals surface area (Å²) in [4.78, 5) is 7.80. The maximum absolute atomic E-state index is 9.52. The van der Waals surface area contributed by atoms with Gasteiger partial charge in [0.05, 0.1) is 12.1 Å². The van der Waals surface area contributed by atoms with Gasteiger partial charge in [-0.05, 0) is 23.8 Å². The van der Waals surface area contributed by atoms with Crippen LogP contribution in [0.25, 0.3) is 0 Å². The fourth-order valence-electron chi connectivity index (χ4n) is 1.97. The van der Waals surface area contributed by atoms with Crippen LogP contribution in [0.1, 0.15) is 11.1 Å². The van der Waals surface area contributed by atoms with Crippen LogP contribution in [0.4, 0.5) is 0 Å². The lowest BCUT2D eigenvalue weighted by Gasteiger charge is -2.36. The average molecular weight is 264 g/mol. The maximum Gasteiger partial charge on any atom is 0.167 e. The van der Waals surface area contributed by atoms with E-state index in [0.29, 0.717) is 11.1 Å². The number of nitrogens with two attached hydrogens (primary N) is 2. The number of hydrogen-bond donors (Lipinski definition) is 2. The fraction of sp³-hybridized carbons (Fsp3) is 0.143. The number of rotatable bonds is 3. The zero-order valence-electron chi connectivity index (χ0n) is 10.6. The topological polar surface area (TPSA) is 125 Å². The molecule has 2 heterocycles. The highest BCUT2D eigenvalue weighted by molar-refractivity contribution is 5.45. The van der Waals surface area contributed by atoms with Crippen LogP contribution in [0.3, 0.4) is 0 Å². The van der Waals surface area contributed by atoms with E-state index >= 15 is 0 Å². The molecule has 0 amide bonds. The SMILES string of the molecule is N#CC(N)(c1ccncc1)C(N)(C#N)c1cccnc1. The van der Waals surface area contributed by atoms with E-state index in [1.165, 1.54) is 18.6 Å². The van der Waals surface area contributed by atoms with E-state index in [1.807, 2.05) is 12.1 Å². The predicted molar refractivity (Wildman–Crippen MR) is 71.4 cm³/mol. The number of nitrogens with zero attached hydrogens (tertiary/aromatic N) is 4. The lowest BCUT2D eigenvalue weighted by Crippen LogP contribution is -2.59. The fourth-order valence-corrected chi connectivity index (χ4v) is 1.97. The Kier molecular flexibility index (Phi) is 3.45. The number of aromatic nitrogens is 2. The molecule has 2 aromatic heterocycles. The molecule has 20 heavy (non-hydrogen) atoms. The molecule has 0 fully saturated rings. The Balaban J connectivity index is 2.66. The van der Waals surface area contributed by atoms with Gasteiger partial charge in [0.2, 0.25) is 0 Å². The summed E-state index contributed by atoms with van der Waals surface area (Å²) in [6.45, 7) is 0. The summed E-state index contributed by atoms with van der Waals surface area (Å²) in [5.41, 5.74) is 9.70. The molecule has 0 aromatic carbocycles. The summed E-state index contributed by atoms with van der Waals surface area (Å²) < 4.78 is 0. The molecular formula is C14H12N6.